The zero-order valence-corrected chi connectivity index (χ0v) is 11.1. The molecule has 5 heteroatoms. The van der Waals surface area contributed by atoms with Crippen molar-refractivity contribution in [1.82, 2.24) is 9.97 Å². The highest BCUT2D eigenvalue weighted by atomic mass is 35.5. The molecular weight excluding hydrogens is 274 g/mol. The van der Waals surface area contributed by atoms with Crippen LogP contribution in [-0.4, -0.2) is 15.9 Å². The van der Waals surface area contributed by atoms with Crippen molar-refractivity contribution in [3.8, 4) is 0 Å². The Bertz CT molecular complexity index is 783. The van der Waals surface area contributed by atoms with Crippen molar-refractivity contribution in [2.24, 2.45) is 0 Å². The third kappa shape index (κ3) is 2.46. The summed E-state index contributed by atoms with van der Waals surface area (Å²) in [5.41, 5.74) is 1.33. The highest BCUT2D eigenvalue weighted by molar-refractivity contribution is 6.29. The SMILES string of the molecule is O=C(Nc1cccc(Cl)n1)c1cccc2ncccc12. The van der Waals surface area contributed by atoms with Crippen molar-refractivity contribution in [3.63, 3.8) is 0 Å². The molecule has 2 aromatic heterocycles. The summed E-state index contributed by atoms with van der Waals surface area (Å²) in [6, 6.07) is 14.2. The number of nitrogens with one attached hydrogen (secondary N) is 1. The molecule has 0 radical (unpaired) electrons. The van der Waals surface area contributed by atoms with Gasteiger partial charge in [-0.25, -0.2) is 4.98 Å². The molecule has 0 spiro atoms. The Morgan fingerprint density at radius 3 is 2.75 bits per heavy atom. The van der Waals surface area contributed by atoms with E-state index in [1.807, 2.05) is 12.1 Å². The Hall–Kier alpha value is -2.46. The fraction of sp³-hybridized carbons (Fsp3) is 0. The number of anilines is 1. The average Bonchev–Trinajstić information content (AvgIpc) is 2.46. The van der Waals surface area contributed by atoms with E-state index in [0.29, 0.717) is 16.5 Å². The first-order chi connectivity index (χ1) is 9.74. The van der Waals surface area contributed by atoms with Crippen LogP contribution in [0.15, 0.2) is 54.7 Å². The lowest BCUT2D eigenvalue weighted by atomic mass is 10.1. The van der Waals surface area contributed by atoms with Gasteiger partial charge in [-0.05, 0) is 30.3 Å². The Balaban J connectivity index is 1.97. The number of fused-ring (bicyclic) bond motifs is 1. The summed E-state index contributed by atoms with van der Waals surface area (Å²) in [5.74, 6) is 0.182. The van der Waals surface area contributed by atoms with E-state index in [1.165, 1.54) is 0 Å². The molecule has 0 saturated carbocycles. The molecule has 0 fully saturated rings. The van der Waals surface area contributed by atoms with Gasteiger partial charge in [0.2, 0.25) is 0 Å². The lowest BCUT2D eigenvalue weighted by Crippen LogP contribution is -2.13. The van der Waals surface area contributed by atoms with Gasteiger partial charge in [-0.15, -0.1) is 0 Å². The van der Waals surface area contributed by atoms with Crippen LogP contribution in [0.1, 0.15) is 10.4 Å². The number of hydrogen-bond donors (Lipinski definition) is 1. The number of benzene rings is 1. The summed E-state index contributed by atoms with van der Waals surface area (Å²) < 4.78 is 0. The zero-order chi connectivity index (χ0) is 13.9. The summed E-state index contributed by atoms with van der Waals surface area (Å²) in [7, 11) is 0. The topological polar surface area (TPSA) is 54.9 Å². The first-order valence-corrected chi connectivity index (χ1v) is 6.39. The first kappa shape index (κ1) is 12.6. The van der Waals surface area contributed by atoms with E-state index in [4.69, 9.17) is 11.6 Å². The van der Waals surface area contributed by atoms with Gasteiger partial charge in [-0.1, -0.05) is 29.8 Å². The van der Waals surface area contributed by atoms with Crippen LogP contribution >= 0.6 is 11.6 Å². The summed E-state index contributed by atoms with van der Waals surface area (Å²) in [5, 5.41) is 3.86. The fourth-order valence-corrected chi connectivity index (χ4v) is 2.13. The molecule has 1 aromatic carbocycles. The summed E-state index contributed by atoms with van der Waals surface area (Å²) in [6.45, 7) is 0. The molecule has 1 amide bonds. The Morgan fingerprint density at radius 1 is 1.05 bits per heavy atom. The van der Waals surface area contributed by atoms with Gasteiger partial charge in [0.05, 0.1) is 5.52 Å². The highest BCUT2D eigenvalue weighted by Gasteiger charge is 2.11. The molecule has 98 valence electrons. The van der Waals surface area contributed by atoms with Gasteiger partial charge >= 0.3 is 0 Å². The van der Waals surface area contributed by atoms with Crippen LogP contribution in [0.3, 0.4) is 0 Å². The van der Waals surface area contributed by atoms with Gasteiger partial charge in [0.1, 0.15) is 11.0 Å². The number of carbonyl (C=O) groups excluding carboxylic acids is 1. The molecular formula is C15H10ClN3O. The number of aromatic nitrogens is 2. The molecule has 0 bridgehead atoms. The maximum absolute atomic E-state index is 12.3. The smallest absolute Gasteiger partial charge is 0.257 e. The standard InChI is InChI=1S/C15H10ClN3O/c16-13-7-2-8-14(18-13)19-15(20)11-4-1-6-12-10(11)5-3-9-17-12/h1-9H,(H,18,19,20). The van der Waals surface area contributed by atoms with Gasteiger partial charge < -0.3 is 5.32 Å². The molecule has 0 atom stereocenters. The first-order valence-electron chi connectivity index (χ1n) is 6.02. The van der Waals surface area contributed by atoms with Crippen molar-refractivity contribution >= 4 is 34.2 Å². The zero-order valence-electron chi connectivity index (χ0n) is 10.4. The van der Waals surface area contributed by atoms with Crippen LogP contribution in [-0.2, 0) is 0 Å². The van der Waals surface area contributed by atoms with Crippen LogP contribution in [0.5, 0.6) is 0 Å². The third-order valence-corrected chi connectivity index (χ3v) is 3.06. The second-order valence-corrected chi connectivity index (χ2v) is 4.56. The second kappa shape index (κ2) is 5.27. The number of carbonyl (C=O) groups is 1. The van der Waals surface area contributed by atoms with Gasteiger partial charge in [0, 0.05) is 17.1 Å². The van der Waals surface area contributed by atoms with E-state index in [0.717, 1.165) is 10.9 Å². The van der Waals surface area contributed by atoms with Gasteiger partial charge in [0.25, 0.3) is 5.91 Å². The number of rotatable bonds is 2. The summed E-state index contributed by atoms with van der Waals surface area (Å²) in [4.78, 5) is 20.6. The van der Waals surface area contributed by atoms with Gasteiger partial charge in [0.15, 0.2) is 0 Å². The lowest BCUT2D eigenvalue weighted by Gasteiger charge is -2.07. The molecule has 20 heavy (non-hydrogen) atoms. The molecule has 4 nitrogen and oxygen atoms in total. The number of amides is 1. The van der Waals surface area contributed by atoms with E-state index in [2.05, 4.69) is 15.3 Å². The van der Waals surface area contributed by atoms with E-state index in [-0.39, 0.29) is 5.91 Å². The highest BCUT2D eigenvalue weighted by Crippen LogP contribution is 2.18. The minimum absolute atomic E-state index is 0.238. The van der Waals surface area contributed by atoms with E-state index in [1.54, 1.807) is 42.6 Å². The van der Waals surface area contributed by atoms with Crippen LogP contribution in [0.4, 0.5) is 5.82 Å². The maximum atomic E-state index is 12.3. The molecule has 0 unspecified atom stereocenters. The van der Waals surface area contributed by atoms with Gasteiger partial charge in [-0.3, -0.25) is 9.78 Å². The summed E-state index contributed by atoms with van der Waals surface area (Å²) in [6.07, 6.45) is 1.70. The van der Waals surface area contributed by atoms with Crippen LogP contribution in [0, 0.1) is 0 Å². The predicted octanol–water partition coefficient (Wildman–Crippen LogP) is 3.54. The fourth-order valence-electron chi connectivity index (χ4n) is 1.96. The van der Waals surface area contributed by atoms with Crippen molar-refractivity contribution in [1.29, 1.82) is 0 Å². The molecule has 3 rings (SSSR count). The monoisotopic (exact) mass is 283 g/mol. The lowest BCUT2D eigenvalue weighted by molar-refractivity contribution is 0.102. The van der Waals surface area contributed by atoms with Crippen LogP contribution in [0.2, 0.25) is 5.15 Å². The van der Waals surface area contributed by atoms with Crippen molar-refractivity contribution in [2.45, 2.75) is 0 Å². The molecule has 2 heterocycles. The van der Waals surface area contributed by atoms with Crippen molar-refractivity contribution < 1.29 is 4.79 Å². The quantitative estimate of drug-likeness (QED) is 0.732. The van der Waals surface area contributed by atoms with Gasteiger partial charge in [-0.2, -0.15) is 0 Å². The van der Waals surface area contributed by atoms with Crippen LogP contribution in [0.25, 0.3) is 10.9 Å². The molecule has 1 N–H and O–H groups in total. The van der Waals surface area contributed by atoms with Crippen molar-refractivity contribution in [2.75, 3.05) is 5.32 Å². The molecule has 0 saturated heterocycles. The van der Waals surface area contributed by atoms with Crippen molar-refractivity contribution in [3.05, 3.63) is 65.4 Å². The number of pyridine rings is 2. The Kier molecular flexibility index (Phi) is 3.31. The number of hydrogen-bond acceptors (Lipinski definition) is 3. The number of nitrogens with zero attached hydrogens (tertiary/aromatic N) is 2. The molecule has 0 aliphatic carbocycles. The predicted molar refractivity (Wildman–Crippen MR) is 78.9 cm³/mol. The van der Waals surface area contributed by atoms with E-state index in [9.17, 15) is 4.79 Å². The Morgan fingerprint density at radius 2 is 1.90 bits per heavy atom. The van der Waals surface area contributed by atoms with Crippen LogP contribution < -0.4 is 5.32 Å². The largest absolute Gasteiger partial charge is 0.306 e. The van der Waals surface area contributed by atoms with E-state index >= 15 is 0 Å². The average molecular weight is 284 g/mol. The molecule has 3 aromatic rings. The maximum Gasteiger partial charge on any atom is 0.257 e. The third-order valence-electron chi connectivity index (χ3n) is 2.85. The molecule has 0 aliphatic rings. The normalized spacial score (nSPS) is 10.4. The minimum atomic E-state index is -0.238. The van der Waals surface area contributed by atoms with E-state index < -0.39 is 0 Å². The minimum Gasteiger partial charge on any atom is -0.306 e. The summed E-state index contributed by atoms with van der Waals surface area (Å²) >= 11 is 5.80. The number of halogens is 1. The Labute approximate surface area is 120 Å². The molecule has 0 aliphatic heterocycles. The second-order valence-electron chi connectivity index (χ2n) is 4.18.